The fourth-order valence-corrected chi connectivity index (χ4v) is 3.31. The molecule has 1 aromatic rings. The van der Waals surface area contributed by atoms with Gasteiger partial charge in [-0.05, 0) is 50.3 Å². The van der Waals surface area contributed by atoms with Crippen LogP contribution in [0.3, 0.4) is 0 Å². The standard InChI is InChI=1S/C15H23N5O.2ClH/c16-10-11-4-3-5-12(11)17-15(21)13-6-7-14(19-18-13)20-8-1-2-9-20;;/h6-7,11-12H,1-5,8-10,16H2,(H,17,21);2*1H. The van der Waals surface area contributed by atoms with Gasteiger partial charge in [-0.3, -0.25) is 4.79 Å². The van der Waals surface area contributed by atoms with Crippen LogP contribution in [-0.4, -0.2) is 41.8 Å². The van der Waals surface area contributed by atoms with Gasteiger partial charge in [0.15, 0.2) is 11.5 Å². The molecule has 0 radical (unpaired) electrons. The molecular formula is C15H25Cl2N5O. The fraction of sp³-hybridized carbons (Fsp3) is 0.667. The number of rotatable bonds is 4. The van der Waals surface area contributed by atoms with Crippen molar-refractivity contribution in [3.05, 3.63) is 17.8 Å². The van der Waals surface area contributed by atoms with Gasteiger partial charge >= 0.3 is 0 Å². The Labute approximate surface area is 149 Å². The van der Waals surface area contributed by atoms with Gasteiger partial charge in [0.25, 0.3) is 5.91 Å². The van der Waals surface area contributed by atoms with Crippen molar-refractivity contribution in [1.29, 1.82) is 0 Å². The quantitative estimate of drug-likeness (QED) is 0.853. The summed E-state index contributed by atoms with van der Waals surface area (Å²) in [6.45, 7) is 2.69. The number of carbonyl (C=O) groups excluding carboxylic acids is 1. The highest BCUT2D eigenvalue weighted by Crippen LogP contribution is 2.24. The molecule has 3 rings (SSSR count). The first-order chi connectivity index (χ1) is 10.3. The van der Waals surface area contributed by atoms with Gasteiger partial charge in [-0.2, -0.15) is 0 Å². The van der Waals surface area contributed by atoms with Crippen LogP contribution in [0.4, 0.5) is 5.82 Å². The lowest BCUT2D eigenvalue weighted by Crippen LogP contribution is -2.40. The Hall–Kier alpha value is -1.11. The summed E-state index contributed by atoms with van der Waals surface area (Å²) < 4.78 is 0. The minimum absolute atomic E-state index is 0. The Balaban J connectivity index is 0.00000132. The topological polar surface area (TPSA) is 84.1 Å². The van der Waals surface area contributed by atoms with E-state index >= 15 is 0 Å². The largest absolute Gasteiger partial charge is 0.355 e. The van der Waals surface area contributed by atoms with Crippen LogP contribution in [0, 0.1) is 5.92 Å². The number of anilines is 1. The van der Waals surface area contributed by atoms with E-state index in [9.17, 15) is 4.79 Å². The SMILES string of the molecule is Cl.Cl.NCC1CCCC1NC(=O)c1ccc(N2CCCC2)nn1. The lowest BCUT2D eigenvalue weighted by atomic mass is 10.0. The second-order valence-electron chi connectivity index (χ2n) is 5.98. The third kappa shape index (κ3) is 4.68. The van der Waals surface area contributed by atoms with Gasteiger partial charge < -0.3 is 16.0 Å². The van der Waals surface area contributed by atoms with Gasteiger partial charge in [-0.15, -0.1) is 35.0 Å². The molecule has 1 saturated carbocycles. The van der Waals surface area contributed by atoms with E-state index in [0.29, 0.717) is 18.2 Å². The number of aromatic nitrogens is 2. The molecule has 1 saturated heterocycles. The van der Waals surface area contributed by atoms with E-state index in [1.165, 1.54) is 12.8 Å². The van der Waals surface area contributed by atoms with Crippen LogP contribution in [0.25, 0.3) is 0 Å². The smallest absolute Gasteiger partial charge is 0.272 e. The van der Waals surface area contributed by atoms with Gasteiger partial charge in [-0.25, -0.2) is 0 Å². The Bertz CT molecular complexity index is 493. The number of carbonyl (C=O) groups is 1. The van der Waals surface area contributed by atoms with Crippen molar-refractivity contribution < 1.29 is 4.79 Å². The summed E-state index contributed by atoms with van der Waals surface area (Å²) in [5, 5.41) is 11.3. The van der Waals surface area contributed by atoms with Gasteiger partial charge in [0.2, 0.25) is 0 Å². The lowest BCUT2D eigenvalue weighted by molar-refractivity contribution is 0.0922. The van der Waals surface area contributed by atoms with Crippen LogP contribution < -0.4 is 16.0 Å². The van der Waals surface area contributed by atoms with E-state index in [4.69, 9.17) is 5.73 Å². The van der Waals surface area contributed by atoms with Crippen molar-refractivity contribution in [2.24, 2.45) is 11.7 Å². The van der Waals surface area contributed by atoms with Crippen molar-refractivity contribution in [3.63, 3.8) is 0 Å². The Kier molecular flexibility index (Phi) is 8.02. The summed E-state index contributed by atoms with van der Waals surface area (Å²) in [6.07, 6.45) is 5.64. The molecule has 3 N–H and O–H groups in total. The second-order valence-corrected chi connectivity index (χ2v) is 5.98. The molecule has 130 valence electrons. The summed E-state index contributed by atoms with van der Waals surface area (Å²) in [4.78, 5) is 14.4. The molecule has 1 amide bonds. The van der Waals surface area contributed by atoms with E-state index in [0.717, 1.165) is 38.2 Å². The maximum atomic E-state index is 12.2. The normalized spacial score (nSPS) is 23.1. The van der Waals surface area contributed by atoms with Crippen molar-refractivity contribution in [2.75, 3.05) is 24.5 Å². The highest BCUT2D eigenvalue weighted by Gasteiger charge is 2.28. The van der Waals surface area contributed by atoms with Crippen LogP contribution in [0.1, 0.15) is 42.6 Å². The number of hydrogen-bond donors (Lipinski definition) is 2. The molecule has 0 spiro atoms. The molecule has 23 heavy (non-hydrogen) atoms. The zero-order valence-electron chi connectivity index (χ0n) is 13.1. The Morgan fingerprint density at radius 2 is 1.91 bits per heavy atom. The summed E-state index contributed by atoms with van der Waals surface area (Å²) in [7, 11) is 0. The van der Waals surface area contributed by atoms with Crippen molar-refractivity contribution >= 4 is 36.5 Å². The molecule has 2 aliphatic rings. The number of amides is 1. The molecule has 8 heteroatoms. The average Bonchev–Trinajstić information content (AvgIpc) is 3.18. The maximum absolute atomic E-state index is 12.2. The minimum atomic E-state index is -0.138. The highest BCUT2D eigenvalue weighted by molar-refractivity contribution is 5.92. The average molecular weight is 362 g/mol. The van der Waals surface area contributed by atoms with Crippen LogP contribution in [0.5, 0.6) is 0 Å². The predicted molar refractivity (Wildman–Crippen MR) is 95.6 cm³/mol. The Morgan fingerprint density at radius 3 is 2.52 bits per heavy atom. The number of nitrogens with two attached hydrogens (primary N) is 1. The Morgan fingerprint density at radius 1 is 1.17 bits per heavy atom. The van der Waals surface area contributed by atoms with Crippen LogP contribution in [0.2, 0.25) is 0 Å². The van der Waals surface area contributed by atoms with E-state index in [2.05, 4.69) is 20.4 Å². The van der Waals surface area contributed by atoms with Gasteiger partial charge in [0.05, 0.1) is 0 Å². The molecule has 2 atom stereocenters. The summed E-state index contributed by atoms with van der Waals surface area (Å²) >= 11 is 0. The van der Waals surface area contributed by atoms with Crippen molar-refractivity contribution in [2.45, 2.75) is 38.1 Å². The van der Waals surface area contributed by atoms with Crippen molar-refractivity contribution in [3.8, 4) is 0 Å². The lowest BCUT2D eigenvalue weighted by Gasteiger charge is -2.19. The van der Waals surface area contributed by atoms with E-state index in [1.807, 2.05) is 6.07 Å². The zero-order chi connectivity index (χ0) is 14.7. The number of nitrogens with zero attached hydrogens (tertiary/aromatic N) is 3. The van der Waals surface area contributed by atoms with Crippen LogP contribution in [-0.2, 0) is 0 Å². The molecular weight excluding hydrogens is 337 g/mol. The summed E-state index contributed by atoms with van der Waals surface area (Å²) in [5.74, 6) is 1.12. The molecule has 1 aliphatic heterocycles. The minimum Gasteiger partial charge on any atom is -0.355 e. The first-order valence-electron chi connectivity index (χ1n) is 7.87. The van der Waals surface area contributed by atoms with E-state index < -0.39 is 0 Å². The number of halogens is 2. The number of nitrogens with one attached hydrogen (secondary N) is 1. The molecule has 2 fully saturated rings. The monoisotopic (exact) mass is 361 g/mol. The van der Waals surface area contributed by atoms with Gasteiger partial charge in [0, 0.05) is 19.1 Å². The van der Waals surface area contributed by atoms with Gasteiger partial charge in [-0.1, -0.05) is 6.42 Å². The van der Waals surface area contributed by atoms with Crippen LogP contribution in [0.15, 0.2) is 12.1 Å². The fourth-order valence-electron chi connectivity index (χ4n) is 3.31. The third-order valence-corrected chi connectivity index (χ3v) is 4.59. The van der Waals surface area contributed by atoms with E-state index in [1.54, 1.807) is 6.07 Å². The second kappa shape index (κ2) is 9.25. The van der Waals surface area contributed by atoms with Crippen molar-refractivity contribution in [1.82, 2.24) is 15.5 Å². The molecule has 1 aromatic heterocycles. The molecule has 1 aliphatic carbocycles. The molecule has 6 nitrogen and oxygen atoms in total. The highest BCUT2D eigenvalue weighted by atomic mass is 35.5. The predicted octanol–water partition coefficient (Wildman–Crippen LogP) is 1.78. The van der Waals surface area contributed by atoms with E-state index in [-0.39, 0.29) is 36.8 Å². The zero-order valence-corrected chi connectivity index (χ0v) is 14.7. The molecule has 0 aromatic carbocycles. The summed E-state index contributed by atoms with van der Waals surface area (Å²) in [6, 6.07) is 3.84. The molecule has 0 bridgehead atoms. The third-order valence-electron chi connectivity index (χ3n) is 4.59. The first-order valence-corrected chi connectivity index (χ1v) is 7.87. The molecule has 2 heterocycles. The maximum Gasteiger partial charge on any atom is 0.272 e. The van der Waals surface area contributed by atoms with Crippen LogP contribution >= 0.6 is 24.8 Å². The number of hydrogen-bond acceptors (Lipinski definition) is 5. The first kappa shape index (κ1) is 19.9. The van der Waals surface area contributed by atoms with Gasteiger partial charge in [0.1, 0.15) is 0 Å². The summed E-state index contributed by atoms with van der Waals surface area (Å²) in [5.41, 5.74) is 6.13. The molecule has 2 unspecified atom stereocenters.